The van der Waals surface area contributed by atoms with Gasteiger partial charge in [-0.1, -0.05) is 35.4 Å². The van der Waals surface area contributed by atoms with Crippen LogP contribution < -0.4 is 4.72 Å². The third-order valence-electron chi connectivity index (χ3n) is 3.13. The molecule has 106 valence electrons. The Morgan fingerprint density at radius 1 is 1.05 bits per heavy atom. The van der Waals surface area contributed by atoms with Crippen LogP contribution in [0.2, 0.25) is 5.02 Å². The summed E-state index contributed by atoms with van der Waals surface area (Å²) in [6.07, 6.45) is 0. The molecule has 20 heavy (non-hydrogen) atoms. The highest BCUT2D eigenvalue weighted by atomic mass is 35.5. The highest BCUT2D eigenvalue weighted by Crippen LogP contribution is 2.26. The van der Waals surface area contributed by atoms with Crippen molar-refractivity contribution in [1.82, 2.24) is 0 Å². The maximum atomic E-state index is 12.4. The quantitative estimate of drug-likeness (QED) is 0.929. The average molecular weight is 310 g/mol. The molecule has 0 radical (unpaired) electrons. The van der Waals surface area contributed by atoms with Crippen molar-refractivity contribution < 1.29 is 8.42 Å². The first-order valence-corrected chi connectivity index (χ1v) is 8.02. The lowest BCUT2D eigenvalue weighted by Gasteiger charge is -2.13. The van der Waals surface area contributed by atoms with Crippen LogP contribution >= 0.6 is 11.6 Å². The topological polar surface area (TPSA) is 46.2 Å². The number of sulfonamides is 1. The zero-order valence-electron chi connectivity index (χ0n) is 11.6. The molecule has 0 unspecified atom stereocenters. The Hall–Kier alpha value is -1.52. The average Bonchev–Trinajstić information content (AvgIpc) is 2.34. The number of aryl methyl sites for hydroxylation is 2. The Labute approximate surface area is 124 Å². The lowest BCUT2D eigenvalue weighted by Crippen LogP contribution is -2.15. The van der Waals surface area contributed by atoms with E-state index in [2.05, 4.69) is 4.72 Å². The zero-order chi connectivity index (χ0) is 14.9. The van der Waals surface area contributed by atoms with Gasteiger partial charge in [-0.25, -0.2) is 8.42 Å². The molecule has 5 heteroatoms. The van der Waals surface area contributed by atoms with Gasteiger partial charge in [0.05, 0.1) is 10.6 Å². The minimum absolute atomic E-state index is 0.280. The van der Waals surface area contributed by atoms with E-state index in [1.165, 1.54) is 0 Å². The second-order valence-corrected chi connectivity index (χ2v) is 6.84. The summed E-state index contributed by atoms with van der Waals surface area (Å²) in [4.78, 5) is 0.280. The second kappa shape index (κ2) is 5.46. The summed E-state index contributed by atoms with van der Waals surface area (Å²) >= 11 is 6.01. The standard InChI is InChI=1S/C15H16ClNO2S/c1-10-7-8-15(11(2)9-10)20(18,19)17-14-6-4-5-13(16)12(14)3/h4-9,17H,1-3H3. The van der Waals surface area contributed by atoms with Crippen LogP contribution in [0.4, 0.5) is 5.69 Å². The minimum atomic E-state index is -3.61. The molecule has 2 aromatic carbocycles. The molecule has 0 bridgehead atoms. The predicted octanol–water partition coefficient (Wildman–Crippen LogP) is 4.07. The number of benzene rings is 2. The fourth-order valence-corrected chi connectivity index (χ4v) is 3.54. The van der Waals surface area contributed by atoms with E-state index >= 15 is 0 Å². The molecule has 0 fully saturated rings. The first-order chi connectivity index (χ1) is 9.31. The van der Waals surface area contributed by atoms with Gasteiger partial charge < -0.3 is 0 Å². The Balaban J connectivity index is 2.44. The summed E-state index contributed by atoms with van der Waals surface area (Å²) in [6, 6.07) is 10.4. The van der Waals surface area contributed by atoms with Gasteiger partial charge in [0.25, 0.3) is 10.0 Å². The molecule has 3 nitrogen and oxygen atoms in total. The number of hydrogen-bond acceptors (Lipinski definition) is 2. The molecule has 2 rings (SSSR count). The summed E-state index contributed by atoms with van der Waals surface area (Å²) in [5, 5.41) is 0.533. The maximum Gasteiger partial charge on any atom is 0.262 e. The van der Waals surface area contributed by atoms with Gasteiger partial charge in [-0.15, -0.1) is 0 Å². The molecule has 0 saturated carbocycles. The molecular formula is C15H16ClNO2S. The molecular weight excluding hydrogens is 294 g/mol. The van der Waals surface area contributed by atoms with Crippen LogP contribution in [0.3, 0.4) is 0 Å². The molecule has 0 aliphatic rings. The van der Waals surface area contributed by atoms with Crippen LogP contribution in [0.1, 0.15) is 16.7 Å². The SMILES string of the molecule is Cc1ccc(S(=O)(=O)Nc2cccc(Cl)c2C)c(C)c1. The first kappa shape index (κ1) is 14.9. The van der Waals surface area contributed by atoms with Gasteiger partial charge in [0.2, 0.25) is 0 Å². The largest absolute Gasteiger partial charge is 0.279 e. The van der Waals surface area contributed by atoms with Gasteiger partial charge >= 0.3 is 0 Å². The van der Waals surface area contributed by atoms with Crippen molar-refractivity contribution in [1.29, 1.82) is 0 Å². The highest BCUT2D eigenvalue weighted by molar-refractivity contribution is 7.92. The lowest BCUT2D eigenvalue weighted by atomic mass is 10.2. The van der Waals surface area contributed by atoms with Crippen molar-refractivity contribution >= 4 is 27.3 Å². The Kier molecular flexibility index (Phi) is 4.06. The van der Waals surface area contributed by atoms with Gasteiger partial charge in [0.1, 0.15) is 0 Å². The van der Waals surface area contributed by atoms with Gasteiger partial charge in [-0.2, -0.15) is 0 Å². The zero-order valence-corrected chi connectivity index (χ0v) is 13.1. The van der Waals surface area contributed by atoms with Crippen molar-refractivity contribution in [3.63, 3.8) is 0 Å². The van der Waals surface area contributed by atoms with Crippen LogP contribution in [-0.4, -0.2) is 8.42 Å². The molecule has 0 aliphatic heterocycles. The lowest BCUT2D eigenvalue weighted by molar-refractivity contribution is 0.600. The number of rotatable bonds is 3. The molecule has 1 N–H and O–H groups in total. The third-order valence-corrected chi connectivity index (χ3v) is 5.07. The number of halogens is 1. The molecule has 0 heterocycles. The highest BCUT2D eigenvalue weighted by Gasteiger charge is 2.18. The van der Waals surface area contributed by atoms with Crippen molar-refractivity contribution in [2.45, 2.75) is 25.7 Å². The Morgan fingerprint density at radius 3 is 2.40 bits per heavy atom. The summed E-state index contributed by atoms with van der Waals surface area (Å²) in [5.41, 5.74) is 2.96. The smallest absolute Gasteiger partial charge is 0.262 e. The van der Waals surface area contributed by atoms with E-state index in [0.29, 0.717) is 16.3 Å². The molecule has 0 aromatic heterocycles. The molecule has 0 amide bonds. The van der Waals surface area contributed by atoms with E-state index < -0.39 is 10.0 Å². The van der Waals surface area contributed by atoms with Crippen molar-refractivity contribution in [3.8, 4) is 0 Å². The van der Waals surface area contributed by atoms with E-state index in [4.69, 9.17) is 11.6 Å². The maximum absolute atomic E-state index is 12.4. The summed E-state index contributed by atoms with van der Waals surface area (Å²) < 4.78 is 27.5. The van der Waals surface area contributed by atoms with Crippen molar-refractivity contribution in [2.24, 2.45) is 0 Å². The van der Waals surface area contributed by atoms with Gasteiger partial charge in [-0.3, -0.25) is 4.72 Å². The Morgan fingerprint density at radius 2 is 1.75 bits per heavy atom. The molecule has 0 atom stereocenters. The van der Waals surface area contributed by atoms with E-state index in [-0.39, 0.29) is 4.90 Å². The van der Waals surface area contributed by atoms with Crippen LogP contribution in [0, 0.1) is 20.8 Å². The Bertz CT molecular complexity index is 754. The molecule has 2 aromatic rings. The van der Waals surface area contributed by atoms with Crippen molar-refractivity contribution in [2.75, 3.05) is 4.72 Å². The van der Waals surface area contributed by atoms with Crippen molar-refractivity contribution in [3.05, 3.63) is 58.1 Å². The van der Waals surface area contributed by atoms with E-state index in [1.54, 1.807) is 44.2 Å². The van der Waals surface area contributed by atoms with Crippen LogP contribution in [0.25, 0.3) is 0 Å². The van der Waals surface area contributed by atoms with Crippen LogP contribution in [0.5, 0.6) is 0 Å². The minimum Gasteiger partial charge on any atom is -0.279 e. The molecule has 0 aliphatic carbocycles. The summed E-state index contributed by atoms with van der Waals surface area (Å²) in [6.45, 7) is 5.49. The van der Waals surface area contributed by atoms with E-state index in [9.17, 15) is 8.42 Å². The third kappa shape index (κ3) is 2.97. The summed E-state index contributed by atoms with van der Waals surface area (Å²) in [7, 11) is -3.61. The van der Waals surface area contributed by atoms with E-state index in [1.807, 2.05) is 13.0 Å². The van der Waals surface area contributed by atoms with Gasteiger partial charge in [-0.05, 0) is 50.1 Å². The summed E-state index contributed by atoms with van der Waals surface area (Å²) in [5.74, 6) is 0. The van der Waals surface area contributed by atoms with Crippen LogP contribution in [0.15, 0.2) is 41.3 Å². The van der Waals surface area contributed by atoms with E-state index in [0.717, 1.165) is 11.1 Å². The number of anilines is 1. The van der Waals surface area contributed by atoms with Gasteiger partial charge in [0.15, 0.2) is 0 Å². The fourth-order valence-electron chi connectivity index (χ4n) is 2.02. The monoisotopic (exact) mass is 309 g/mol. The predicted molar refractivity (Wildman–Crippen MR) is 82.9 cm³/mol. The normalized spacial score (nSPS) is 11.4. The van der Waals surface area contributed by atoms with Gasteiger partial charge in [0, 0.05) is 5.02 Å². The molecule has 0 saturated heterocycles. The molecule has 0 spiro atoms. The fraction of sp³-hybridized carbons (Fsp3) is 0.200. The first-order valence-electron chi connectivity index (χ1n) is 6.16. The number of hydrogen-bond donors (Lipinski definition) is 1. The van der Waals surface area contributed by atoms with Crippen LogP contribution in [-0.2, 0) is 10.0 Å². The number of nitrogens with one attached hydrogen (secondary N) is 1. The second-order valence-electron chi connectivity index (χ2n) is 4.79.